The molecule has 0 radical (unpaired) electrons. The van der Waals surface area contributed by atoms with Crippen LogP contribution in [0.25, 0.3) is 0 Å². The van der Waals surface area contributed by atoms with Crippen LogP contribution in [0, 0.1) is 5.41 Å². The van der Waals surface area contributed by atoms with Crippen molar-refractivity contribution in [3.8, 4) is 0 Å². The van der Waals surface area contributed by atoms with Crippen molar-refractivity contribution in [2.24, 2.45) is 5.41 Å². The van der Waals surface area contributed by atoms with Crippen LogP contribution in [0.1, 0.15) is 59.3 Å². The molecule has 0 aromatic heterocycles. The van der Waals surface area contributed by atoms with E-state index in [4.69, 9.17) is 4.74 Å². The minimum absolute atomic E-state index is 0.0595. The molecule has 1 fully saturated rings. The zero-order valence-corrected chi connectivity index (χ0v) is 13.9. The third-order valence-corrected chi connectivity index (χ3v) is 3.73. The van der Waals surface area contributed by atoms with Crippen molar-refractivity contribution in [1.82, 2.24) is 0 Å². The summed E-state index contributed by atoms with van der Waals surface area (Å²) in [4.78, 5) is 36.1. The van der Waals surface area contributed by atoms with Crippen LogP contribution in [-0.2, 0) is 23.9 Å². The molecule has 22 heavy (non-hydrogen) atoms. The molecule has 0 amide bonds. The minimum Gasteiger partial charge on any atom is -0.469 e. The summed E-state index contributed by atoms with van der Waals surface area (Å²) >= 11 is 0. The van der Waals surface area contributed by atoms with E-state index in [0.717, 1.165) is 12.8 Å². The van der Waals surface area contributed by atoms with E-state index in [1.807, 2.05) is 0 Å². The van der Waals surface area contributed by atoms with Gasteiger partial charge >= 0.3 is 11.9 Å². The molecule has 0 heterocycles. The fourth-order valence-corrected chi connectivity index (χ4v) is 2.53. The lowest BCUT2D eigenvalue weighted by atomic mass is 9.70. The molecular formula is C17H26O5. The highest BCUT2D eigenvalue weighted by atomic mass is 16.6. The van der Waals surface area contributed by atoms with Crippen molar-refractivity contribution in [1.29, 1.82) is 0 Å². The van der Waals surface area contributed by atoms with Gasteiger partial charge in [0, 0.05) is 6.42 Å². The Balaban J connectivity index is 2.86. The Labute approximate surface area is 132 Å². The molecule has 0 spiro atoms. The van der Waals surface area contributed by atoms with Gasteiger partial charge < -0.3 is 9.47 Å². The SMILES string of the molecule is COC(=O)C/C=C/C[C@@]1(C(=O)OC(C)(C)C)CCCCC1=O. The van der Waals surface area contributed by atoms with Gasteiger partial charge in [-0.2, -0.15) is 0 Å². The second-order valence-corrected chi connectivity index (χ2v) is 6.67. The Morgan fingerprint density at radius 3 is 2.45 bits per heavy atom. The first-order chi connectivity index (χ1) is 10.2. The first kappa shape index (κ1) is 18.4. The fourth-order valence-electron chi connectivity index (χ4n) is 2.53. The summed E-state index contributed by atoms with van der Waals surface area (Å²) in [5, 5.41) is 0. The van der Waals surface area contributed by atoms with E-state index < -0.39 is 17.0 Å². The number of Topliss-reactive ketones (excluding diaryl/α,β-unsaturated/α-hetero) is 1. The summed E-state index contributed by atoms with van der Waals surface area (Å²) in [6, 6.07) is 0. The van der Waals surface area contributed by atoms with Gasteiger partial charge in [0.1, 0.15) is 11.0 Å². The molecule has 0 saturated heterocycles. The van der Waals surface area contributed by atoms with E-state index in [0.29, 0.717) is 12.8 Å². The molecule has 1 atom stereocenters. The van der Waals surface area contributed by atoms with Crippen LogP contribution in [0.3, 0.4) is 0 Å². The molecule has 1 aliphatic rings. The standard InChI is InChI=1S/C17H26O5/c1-16(2,3)22-15(20)17(11-7-5-9-13(17)18)12-8-6-10-14(19)21-4/h6,8H,5,7,9-12H2,1-4H3/b8-6+/t17-/m0/s1. The third-order valence-electron chi connectivity index (χ3n) is 3.73. The topological polar surface area (TPSA) is 69.7 Å². The molecule has 5 nitrogen and oxygen atoms in total. The minimum atomic E-state index is -1.10. The van der Waals surface area contributed by atoms with E-state index in [-0.39, 0.29) is 24.6 Å². The van der Waals surface area contributed by atoms with E-state index in [2.05, 4.69) is 4.74 Å². The zero-order valence-electron chi connectivity index (χ0n) is 13.9. The highest BCUT2D eigenvalue weighted by Crippen LogP contribution is 2.39. The van der Waals surface area contributed by atoms with E-state index in [9.17, 15) is 14.4 Å². The number of carbonyl (C=O) groups is 3. The lowest BCUT2D eigenvalue weighted by molar-refractivity contribution is -0.172. The van der Waals surface area contributed by atoms with Crippen LogP contribution >= 0.6 is 0 Å². The average molecular weight is 310 g/mol. The quantitative estimate of drug-likeness (QED) is 0.443. The Morgan fingerprint density at radius 2 is 1.91 bits per heavy atom. The normalized spacial score (nSPS) is 22.6. The Kier molecular flexibility index (Phi) is 6.33. The lowest BCUT2D eigenvalue weighted by Crippen LogP contribution is -2.45. The molecule has 124 valence electrons. The molecule has 1 aliphatic carbocycles. The van der Waals surface area contributed by atoms with E-state index >= 15 is 0 Å². The van der Waals surface area contributed by atoms with Crippen LogP contribution in [0.2, 0.25) is 0 Å². The molecule has 0 aromatic rings. The monoisotopic (exact) mass is 310 g/mol. The second kappa shape index (κ2) is 7.56. The number of ether oxygens (including phenoxy) is 2. The number of carbonyl (C=O) groups excluding carboxylic acids is 3. The van der Waals surface area contributed by atoms with Gasteiger partial charge in [-0.05, 0) is 40.0 Å². The van der Waals surface area contributed by atoms with Crippen molar-refractivity contribution in [3.63, 3.8) is 0 Å². The molecule has 0 aliphatic heterocycles. The highest BCUT2D eigenvalue weighted by molar-refractivity contribution is 6.04. The summed E-state index contributed by atoms with van der Waals surface area (Å²) in [6.07, 6.45) is 6.31. The van der Waals surface area contributed by atoms with Gasteiger partial charge in [-0.3, -0.25) is 14.4 Å². The number of hydrogen-bond donors (Lipinski definition) is 0. The van der Waals surface area contributed by atoms with Crippen molar-refractivity contribution in [2.45, 2.75) is 64.9 Å². The summed E-state index contributed by atoms with van der Waals surface area (Å²) in [5.74, 6) is -0.860. The second-order valence-electron chi connectivity index (χ2n) is 6.67. The number of allylic oxidation sites excluding steroid dienone is 1. The predicted molar refractivity (Wildman–Crippen MR) is 82.1 cm³/mol. The smallest absolute Gasteiger partial charge is 0.320 e. The molecule has 1 rings (SSSR count). The highest BCUT2D eigenvalue weighted by Gasteiger charge is 2.48. The number of methoxy groups -OCH3 is 1. The largest absolute Gasteiger partial charge is 0.469 e. The number of hydrogen-bond acceptors (Lipinski definition) is 5. The maximum Gasteiger partial charge on any atom is 0.320 e. The van der Waals surface area contributed by atoms with Crippen LogP contribution in [0.15, 0.2) is 12.2 Å². The van der Waals surface area contributed by atoms with E-state index in [1.54, 1.807) is 32.9 Å². The average Bonchev–Trinajstić information content (AvgIpc) is 2.43. The maximum absolute atomic E-state index is 12.6. The molecule has 0 bridgehead atoms. The summed E-state index contributed by atoms with van der Waals surface area (Å²) in [6.45, 7) is 5.37. The van der Waals surface area contributed by atoms with Crippen LogP contribution < -0.4 is 0 Å². The third kappa shape index (κ3) is 4.97. The van der Waals surface area contributed by atoms with Gasteiger partial charge in [0.2, 0.25) is 0 Å². The Bertz CT molecular complexity index is 458. The summed E-state index contributed by atoms with van der Waals surface area (Å²) < 4.78 is 10.0. The lowest BCUT2D eigenvalue weighted by Gasteiger charge is -2.35. The number of esters is 2. The first-order valence-corrected chi connectivity index (χ1v) is 7.70. The zero-order chi connectivity index (χ0) is 16.8. The van der Waals surface area contributed by atoms with Crippen molar-refractivity contribution < 1.29 is 23.9 Å². The van der Waals surface area contributed by atoms with Gasteiger partial charge in [-0.25, -0.2) is 0 Å². The van der Waals surface area contributed by atoms with Crippen molar-refractivity contribution >= 4 is 17.7 Å². The van der Waals surface area contributed by atoms with Crippen LogP contribution in [0.4, 0.5) is 0 Å². The molecule has 0 N–H and O–H groups in total. The van der Waals surface area contributed by atoms with Gasteiger partial charge in [0.15, 0.2) is 5.78 Å². The number of rotatable bonds is 5. The van der Waals surface area contributed by atoms with Crippen molar-refractivity contribution in [3.05, 3.63) is 12.2 Å². The van der Waals surface area contributed by atoms with Gasteiger partial charge in [-0.15, -0.1) is 0 Å². The Hall–Kier alpha value is -1.65. The van der Waals surface area contributed by atoms with Gasteiger partial charge in [0.05, 0.1) is 13.5 Å². The molecule has 0 aromatic carbocycles. The Morgan fingerprint density at radius 1 is 1.23 bits per heavy atom. The molecule has 5 heteroatoms. The molecule has 0 unspecified atom stereocenters. The fraction of sp³-hybridized carbons (Fsp3) is 0.706. The molecule has 1 saturated carbocycles. The first-order valence-electron chi connectivity index (χ1n) is 7.70. The summed E-state index contributed by atoms with van der Waals surface area (Å²) in [7, 11) is 1.32. The van der Waals surface area contributed by atoms with Gasteiger partial charge in [0.25, 0.3) is 0 Å². The predicted octanol–water partition coefficient (Wildman–Crippen LogP) is 2.97. The van der Waals surface area contributed by atoms with E-state index in [1.165, 1.54) is 7.11 Å². The molecular weight excluding hydrogens is 284 g/mol. The number of ketones is 1. The maximum atomic E-state index is 12.6. The van der Waals surface area contributed by atoms with Gasteiger partial charge in [-0.1, -0.05) is 18.6 Å². The summed E-state index contributed by atoms with van der Waals surface area (Å²) in [5.41, 5.74) is -1.73. The van der Waals surface area contributed by atoms with Crippen LogP contribution in [0.5, 0.6) is 0 Å². The van der Waals surface area contributed by atoms with Crippen LogP contribution in [-0.4, -0.2) is 30.4 Å². The van der Waals surface area contributed by atoms with Crippen molar-refractivity contribution in [2.75, 3.05) is 7.11 Å².